The van der Waals surface area contributed by atoms with Crippen LogP contribution in [0.3, 0.4) is 0 Å². The zero-order valence-corrected chi connectivity index (χ0v) is 20.5. The molecule has 0 aliphatic carbocycles. The average molecular weight is 496 g/mol. The molecule has 0 aliphatic rings. The SMILES string of the molecule is NC(N)=Nc1nc(CSCCC(N)=NS(N)(=O)=O)cs1.O=C([O-])[O-].[Ca+2].[Mg+2].[OH-].[OH-]. The van der Waals surface area contributed by atoms with Gasteiger partial charge in [-0.3, -0.25) is 0 Å². The van der Waals surface area contributed by atoms with Crippen molar-refractivity contribution in [2.75, 3.05) is 5.75 Å². The maximum atomic E-state index is 10.6. The molecule has 0 aliphatic heterocycles. The summed E-state index contributed by atoms with van der Waals surface area (Å²) in [7, 11) is -3.92. The van der Waals surface area contributed by atoms with Crippen LogP contribution in [-0.2, 0) is 16.0 Å². The van der Waals surface area contributed by atoms with Crippen molar-refractivity contribution in [3.63, 3.8) is 0 Å². The molecule has 0 atom stereocenters. The van der Waals surface area contributed by atoms with Crippen LogP contribution in [0.2, 0.25) is 0 Å². The van der Waals surface area contributed by atoms with E-state index in [2.05, 4.69) is 14.4 Å². The van der Waals surface area contributed by atoms with Crippen molar-refractivity contribution in [3.05, 3.63) is 11.1 Å². The van der Waals surface area contributed by atoms with Crippen molar-refractivity contribution in [2.45, 2.75) is 12.2 Å². The summed E-state index contributed by atoms with van der Waals surface area (Å²) < 4.78 is 24.5. The van der Waals surface area contributed by atoms with Gasteiger partial charge in [-0.2, -0.15) is 25.2 Å². The third-order valence-electron chi connectivity index (χ3n) is 1.76. The molecule has 19 heteroatoms. The number of thioether (sulfide) groups is 1. The molecule has 1 heterocycles. The van der Waals surface area contributed by atoms with E-state index in [4.69, 9.17) is 37.3 Å². The van der Waals surface area contributed by atoms with Gasteiger partial charge in [0.1, 0.15) is 5.84 Å². The Balaban J connectivity index is -0.000000201. The van der Waals surface area contributed by atoms with Crippen molar-refractivity contribution in [2.24, 2.45) is 31.7 Å². The molecule has 28 heavy (non-hydrogen) atoms. The van der Waals surface area contributed by atoms with Crippen LogP contribution in [0, 0.1) is 0 Å². The number of carbonyl (C=O) groups excluding carboxylic acids is 1. The molecule has 1 aromatic rings. The number of hydrogen-bond acceptors (Lipinski definition) is 11. The van der Waals surface area contributed by atoms with Gasteiger partial charge in [0.05, 0.1) is 5.69 Å². The Morgan fingerprint density at radius 2 is 1.75 bits per heavy atom. The Labute approximate surface area is 215 Å². The Hall–Kier alpha value is -0.154. The van der Waals surface area contributed by atoms with E-state index in [9.17, 15) is 8.42 Å². The number of nitrogens with zero attached hydrogens (tertiary/aromatic N) is 3. The van der Waals surface area contributed by atoms with Gasteiger partial charge < -0.3 is 43.2 Å². The normalized spacial score (nSPS) is 9.68. The van der Waals surface area contributed by atoms with E-state index in [1.54, 1.807) is 0 Å². The minimum Gasteiger partial charge on any atom is -0.870 e. The van der Waals surface area contributed by atoms with Crippen LogP contribution in [0.15, 0.2) is 14.8 Å². The van der Waals surface area contributed by atoms with Crippen LogP contribution in [-0.4, -0.2) is 109 Å². The first-order valence-corrected chi connectivity index (χ1v) is 9.40. The molecule has 152 valence electrons. The summed E-state index contributed by atoms with van der Waals surface area (Å²) in [6.45, 7) is 0. The molecule has 0 aromatic carbocycles. The van der Waals surface area contributed by atoms with Crippen molar-refractivity contribution < 1.29 is 34.4 Å². The minimum absolute atomic E-state index is 0. The molecule has 0 radical (unpaired) electrons. The number of carboxylic acid groups (broad SMARTS) is 2. The van der Waals surface area contributed by atoms with Gasteiger partial charge in [0.15, 0.2) is 5.96 Å². The Kier molecular flexibility index (Phi) is 27.6. The molecule has 0 unspecified atom stereocenters. The van der Waals surface area contributed by atoms with Crippen LogP contribution in [0.25, 0.3) is 0 Å². The monoisotopic (exact) mass is 495 g/mol. The Morgan fingerprint density at radius 1 is 1.25 bits per heavy atom. The van der Waals surface area contributed by atoms with E-state index >= 15 is 0 Å². The van der Waals surface area contributed by atoms with E-state index in [0.717, 1.165) is 5.69 Å². The summed E-state index contributed by atoms with van der Waals surface area (Å²) in [6.07, 6.45) is -2.01. The number of hydrogen-bond donors (Lipinski definition) is 4. The first-order valence-electron chi connectivity index (χ1n) is 5.86. The largest absolute Gasteiger partial charge is 2.00 e. The second kappa shape index (κ2) is 20.1. The van der Waals surface area contributed by atoms with E-state index < -0.39 is 16.4 Å². The number of guanidine groups is 1. The number of rotatable bonds is 7. The summed E-state index contributed by atoms with van der Waals surface area (Å²) >= 11 is 2.86. The number of thiazole rings is 1. The fourth-order valence-corrected chi connectivity index (χ4v) is 3.17. The summed E-state index contributed by atoms with van der Waals surface area (Å²) in [5.41, 5.74) is 16.7. The maximum Gasteiger partial charge on any atom is 2.00 e. The molecule has 1 rings (SSSR count). The van der Waals surface area contributed by atoms with E-state index in [1.807, 2.05) is 5.38 Å². The number of carbonyl (C=O) groups is 1. The molecule has 0 saturated carbocycles. The summed E-state index contributed by atoms with van der Waals surface area (Å²) in [5.74, 6) is 1.18. The molecule has 0 saturated heterocycles. The second-order valence-electron chi connectivity index (χ2n) is 3.81. The smallest absolute Gasteiger partial charge is 0.870 e. The predicted octanol–water partition coefficient (Wildman–Crippen LogP) is -4.33. The van der Waals surface area contributed by atoms with Crippen molar-refractivity contribution in [1.82, 2.24) is 4.98 Å². The molecular weight excluding hydrogens is 479 g/mol. The average Bonchev–Trinajstić information content (AvgIpc) is 2.78. The fraction of sp³-hybridized carbons (Fsp3) is 0.333. The van der Waals surface area contributed by atoms with E-state index in [1.165, 1.54) is 23.1 Å². The van der Waals surface area contributed by atoms with Gasteiger partial charge in [0, 0.05) is 23.3 Å². The fourth-order valence-electron chi connectivity index (χ4n) is 1.09. The van der Waals surface area contributed by atoms with Crippen molar-refractivity contribution >= 4 is 117 Å². The van der Waals surface area contributed by atoms with Crippen LogP contribution in [0.1, 0.15) is 12.1 Å². The topological polar surface area (TPSA) is 299 Å². The Morgan fingerprint density at radius 3 is 2.18 bits per heavy atom. The quantitative estimate of drug-likeness (QED) is 0.121. The van der Waals surface area contributed by atoms with Gasteiger partial charge in [-0.1, -0.05) is 0 Å². The summed E-state index contributed by atoms with van der Waals surface area (Å²) in [5, 5.41) is 23.7. The van der Waals surface area contributed by atoms with Gasteiger partial charge in [-0.25, -0.2) is 10.1 Å². The zero-order chi connectivity index (χ0) is 18.8. The first-order chi connectivity index (χ1) is 11.0. The second-order valence-corrected chi connectivity index (χ2v) is 6.96. The minimum atomic E-state index is -3.92. The standard InChI is InChI=1S/C8H15N7O2S3.CH2O3.Ca.Mg.2H2O/c9-6(15-20(12,16)17)1-2-18-3-5-4-19-8(13-5)14-7(10)11;2-1(3)4;;;;/h4H,1-3H2,(H2,9,15)(H2,12,16,17)(H4,10,11,13,14);(H2,2,3,4);;;2*1H2/q;;2*+2;;/p-4. The third kappa shape index (κ3) is 25.8. The van der Waals surface area contributed by atoms with Gasteiger partial charge in [-0.05, 0) is 6.16 Å². The van der Waals surface area contributed by atoms with Crippen molar-refractivity contribution in [1.29, 1.82) is 0 Å². The molecule has 0 bridgehead atoms. The first kappa shape index (κ1) is 38.5. The molecule has 1 aromatic heterocycles. The molecule has 0 amide bonds. The number of aromatic nitrogens is 1. The van der Waals surface area contributed by atoms with E-state index in [-0.39, 0.29) is 83.5 Å². The number of amidine groups is 1. The Bertz CT molecular complexity index is 709. The number of aliphatic imine (C=N–C) groups is 1. The maximum absolute atomic E-state index is 10.6. The summed E-state index contributed by atoms with van der Waals surface area (Å²) in [4.78, 5) is 16.4. The zero-order valence-electron chi connectivity index (χ0n) is 14.4. The molecule has 0 fully saturated rings. The molecule has 14 nitrogen and oxygen atoms in total. The van der Waals surface area contributed by atoms with Gasteiger partial charge in [0.25, 0.3) is 0 Å². The van der Waals surface area contributed by atoms with Gasteiger partial charge >= 0.3 is 71.0 Å². The molecule has 0 spiro atoms. The van der Waals surface area contributed by atoms with Crippen molar-refractivity contribution in [3.8, 4) is 0 Å². The van der Waals surface area contributed by atoms with Crippen LogP contribution in [0.4, 0.5) is 9.93 Å². The van der Waals surface area contributed by atoms with Crippen LogP contribution in [0.5, 0.6) is 0 Å². The molecule has 10 N–H and O–H groups in total. The number of nitrogens with two attached hydrogens (primary N) is 4. The predicted molar refractivity (Wildman–Crippen MR) is 104 cm³/mol. The summed E-state index contributed by atoms with van der Waals surface area (Å²) in [6, 6.07) is 0. The van der Waals surface area contributed by atoms with E-state index in [0.29, 0.717) is 23.1 Å². The third-order valence-corrected chi connectivity index (χ3v) is 4.03. The van der Waals surface area contributed by atoms with Crippen LogP contribution < -0.4 is 32.6 Å². The molecular formula is C9H17CaMgN7O7S3. The van der Waals surface area contributed by atoms with Crippen LogP contribution >= 0.6 is 23.1 Å². The van der Waals surface area contributed by atoms with Gasteiger partial charge in [0.2, 0.25) is 5.13 Å². The van der Waals surface area contributed by atoms with Gasteiger partial charge in [-0.15, -0.1) is 15.7 Å².